The van der Waals surface area contributed by atoms with Crippen molar-refractivity contribution in [3.05, 3.63) is 34.1 Å². The Balaban J connectivity index is 2.49. The third-order valence-electron chi connectivity index (χ3n) is 2.09. The van der Waals surface area contributed by atoms with E-state index in [0.717, 1.165) is 12.1 Å². The van der Waals surface area contributed by atoms with Crippen molar-refractivity contribution in [2.75, 3.05) is 6.61 Å². The fourth-order valence-corrected chi connectivity index (χ4v) is 1.22. The minimum atomic E-state index is -0.950. The highest BCUT2D eigenvalue weighted by Crippen LogP contribution is 2.22. The fourth-order valence-electron chi connectivity index (χ4n) is 1.22. The first-order valence-electron chi connectivity index (χ1n) is 5.07. The number of benzene rings is 1. The number of nitrogens with two attached hydrogens (primary N) is 1. The Kier molecular flexibility index (Phi) is 4.85. The van der Waals surface area contributed by atoms with Crippen LogP contribution in [0.3, 0.4) is 0 Å². The first-order chi connectivity index (χ1) is 8.54. The van der Waals surface area contributed by atoms with Crippen LogP contribution in [0.1, 0.15) is 12.8 Å². The van der Waals surface area contributed by atoms with E-state index in [0.29, 0.717) is 12.8 Å². The molecule has 0 saturated carbocycles. The number of amidine groups is 1. The Bertz CT molecular complexity index is 464. The van der Waals surface area contributed by atoms with Gasteiger partial charge in [0.15, 0.2) is 0 Å². The Labute approximate surface area is 102 Å². The molecule has 1 aromatic carbocycles. The SMILES string of the molecule is NC(CCCOc1ccc([N+](=O)[O-])c(F)c1)=NO. The van der Waals surface area contributed by atoms with Crippen LogP contribution >= 0.6 is 0 Å². The normalized spacial score (nSPS) is 11.3. The standard InChI is InChI=1S/C10H12FN3O4/c11-8-6-7(3-4-9(8)14(16)17)18-5-1-2-10(12)13-15/h3-4,6,15H,1-2,5H2,(H2,12,13). The summed E-state index contributed by atoms with van der Waals surface area (Å²) >= 11 is 0. The number of nitro benzene ring substituents is 1. The molecule has 7 nitrogen and oxygen atoms in total. The molecule has 0 aromatic heterocycles. The summed E-state index contributed by atoms with van der Waals surface area (Å²) in [7, 11) is 0. The lowest BCUT2D eigenvalue weighted by atomic mass is 10.3. The highest BCUT2D eigenvalue weighted by Gasteiger charge is 2.14. The number of hydrogen-bond acceptors (Lipinski definition) is 5. The summed E-state index contributed by atoms with van der Waals surface area (Å²) in [6.45, 7) is 0.230. The van der Waals surface area contributed by atoms with E-state index in [-0.39, 0.29) is 18.2 Å². The zero-order valence-corrected chi connectivity index (χ0v) is 9.38. The molecule has 1 aromatic rings. The van der Waals surface area contributed by atoms with Crippen LogP contribution in [-0.2, 0) is 0 Å². The molecule has 0 aliphatic heterocycles. The van der Waals surface area contributed by atoms with Crippen molar-refractivity contribution in [2.24, 2.45) is 10.9 Å². The van der Waals surface area contributed by atoms with Crippen molar-refractivity contribution >= 4 is 11.5 Å². The average Bonchev–Trinajstić information content (AvgIpc) is 2.34. The van der Waals surface area contributed by atoms with Gasteiger partial charge in [-0.05, 0) is 12.5 Å². The predicted molar refractivity (Wildman–Crippen MR) is 61.2 cm³/mol. The van der Waals surface area contributed by atoms with Gasteiger partial charge in [-0.3, -0.25) is 10.1 Å². The third kappa shape index (κ3) is 3.89. The molecule has 0 heterocycles. The summed E-state index contributed by atoms with van der Waals surface area (Å²) in [5.74, 6) is -0.681. The topological polar surface area (TPSA) is 111 Å². The van der Waals surface area contributed by atoms with Crippen molar-refractivity contribution < 1.29 is 19.3 Å². The number of halogens is 1. The zero-order chi connectivity index (χ0) is 13.5. The summed E-state index contributed by atoms with van der Waals surface area (Å²) in [5.41, 5.74) is 4.64. The summed E-state index contributed by atoms with van der Waals surface area (Å²) in [6, 6.07) is 3.29. The first-order valence-corrected chi connectivity index (χ1v) is 5.07. The quantitative estimate of drug-likeness (QED) is 0.201. The van der Waals surface area contributed by atoms with E-state index in [4.69, 9.17) is 15.7 Å². The summed E-state index contributed by atoms with van der Waals surface area (Å²) in [5, 5.41) is 21.4. The number of rotatable bonds is 6. The molecule has 0 spiro atoms. The highest BCUT2D eigenvalue weighted by atomic mass is 19.1. The van der Waals surface area contributed by atoms with Crippen LogP contribution in [0.2, 0.25) is 0 Å². The van der Waals surface area contributed by atoms with Gasteiger partial charge in [0, 0.05) is 18.6 Å². The molecule has 0 unspecified atom stereocenters. The molecule has 98 valence electrons. The molecule has 0 amide bonds. The summed E-state index contributed by atoms with van der Waals surface area (Å²) in [4.78, 5) is 9.57. The molecule has 0 fully saturated rings. The largest absolute Gasteiger partial charge is 0.493 e. The van der Waals surface area contributed by atoms with Crippen molar-refractivity contribution in [3.63, 3.8) is 0 Å². The molecule has 0 radical (unpaired) electrons. The van der Waals surface area contributed by atoms with Gasteiger partial charge >= 0.3 is 5.69 Å². The van der Waals surface area contributed by atoms with Crippen molar-refractivity contribution in [1.82, 2.24) is 0 Å². The van der Waals surface area contributed by atoms with E-state index < -0.39 is 16.4 Å². The van der Waals surface area contributed by atoms with Crippen LogP contribution in [-0.4, -0.2) is 22.6 Å². The molecular formula is C10H12FN3O4. The van der Waals surface area contributed by atoms with E-state index in [1.807, 2.05) is 0 Å². The monoisotopic (exact) mass is 257 g/mol. The third-order valence-corrected chi connectivity index (χ3v) is 2.09. The number of oxime groups is 1. The van der Waals surface area contributed by atoms with E-state index in [9.17, 15) is 14.5 Å². The Hall–Kier alpha value is -2.38. The van der Waals surface area contributed by atoms with Crippen molar-refractivity contribution in [2.45, 2.75) is 12.8 Å². The van der Waals surface area contributed by atoms with Gasteiger partial charge in [0.25, 0.3) is 0 Å². The van der Waals surface area contributed by atoms with Crippen LogP contribution < -0.4 is 10.5 Å². The molecular weight excluding hydrogens is 245 g/mol. The lowest BCUT2D eigenvalue weighted by Crippen LogP contribution is -2.12. The molecule has 0 atom stereocenters. The number of ether oxygens (including phenoxy) is 1. The molecule has 18 heavy (non-hydrogen) atoms. The highest BCUT2D eigenvalue weighted by molar-refractivity contribution is 5.79. The maximum atomic E-state index is 13.2. The van der Waals surface area contributed by atoms with E-state index in [2.05, 4.69) is 5.16 Å². The molecule has 8 heteroatoms. The molecule has 0 saturated heterocycles. The molecule has 3 N–H and O–H groups in total. The van der Waals surface area contributed by atoms with Crippen molar-refractivity contribution in [3.8, 4) is 5.75 Å². The Morgan fingerprint density at radius 2 is 2.33 bits per heavy atom. The first kappa shape index (κ1) is 13.7. The lowest BCUT2D eigenvalue weighted by Gasteiger charge is -2.05. The van der Waals surface area contributed by atoms with Gasteiger partial charge in [-0.1, -0.05) is 5.16 Å². The maximum absolute atomic E-state index is 13.2. The summed E-state index contributed by atoms with van der Waals surface area (Å²) in [6.07, 6.45) is 0.820. The second-order valence-corrected chi connectivity index (χ2v) is 3.41. The van der Waals surface area contributed by atoms with Crippen LogP contribution in [0.25, 0.3) is 0 Å². The van der Waals surface area contributed by atoms with Crippen LogP contribution in [0, 0.1) is 15.9 Å². The van der Waals surface area contributed by atoms with Crippen LogP contribution in [0.4, 0.5) is 10.1 Å². The second-order valence-electron chi connectivity index (χ2n) is 3.41. The van der Waals surface area contributed by atoms with Crippen LogP contribution in [0.15, 0.2) is 23.4 Å². The minimum absolute atomic E-state index is 0.0773. The van der Waals surface area contributed by atoms with Gasteiger partial charge < -0.3 is 15.7 Å². The van der Waals surface area contributed by atoms with E-state index >= 15 is 0 Å². The Morgan fingerprint density at radius 1 is 1.61 bits per heavy atom. The number of nitrogens with zero attached hydrogens (tertiary/aromatic N) is 2. The fraction of sp³-hybridized carbons (Fsp3) is 0.300. The number of nitro groups is 1. The maximum Gasteiger partial charge on any atom is 0.305 e. The van der Waals surface area contributed by atoms with Crippen molar-refractivity contribution in [1.29, 1.82) is 0 Å². The van der Waals surface area contributed by atoms with Gasteiger partial charge in [-0.2, -0.15) is 4.39 Å². The lowest BCUT2D eigenvalue weighted by molar-refractivity contribution is -0.387. The number of hydrogen-bond donors (Lipinski definition) is 2. The molecule has 0 aliphatic carbocycles. The van der Waals surface area contributed by atoms with Gasteiger partial charge in [0.2, 0.25) is 5.82 Å². The van der Waals surface area contributed by atoms with Gasteiger partial charge in [-0.15, -0.1) is 0 Å². The predicted octanol–water partition coefficient (Wildman–Crippen LogP) is 1.64. The Morgan fingerprint density at radius 3 is 2.89 bits per heavy atom. The molecule has 1 rings (SSSR count). The smallest absolute Gasteiger partial charge is 0.305 e. The average molecular weight is 257 g/mol. The zero-order valence-electron chi connectivity index (χ0n) is 9.38. The van der Waals surface area contributed by atoms with Crippen LogP contribution in [0.5, 0.6) is 5.75 Å². The second kappa shape index (κ2) is 6.38. The van der Waals surface area contributed by atoms with Gasteiger partial charge in [0.05, 0.1) is 11.5 Å². The molecule has 0 bridgehead atoms. The molecule has 0 aliphatic rings. The summed E-state index contributed by atoms with van der Waals surface area (Å²) < 4.78 is 18.4. The van der Waals surface area contributed by atoms with Gasteiger partial charge in [0.1, 0.15) is 11.6 Å². The van der Waals surface area contributed by atoms with E-state index in [1.165, 1.54) is 6.07 Å². The van der Waals surface area contributed by atoms with E-state index in [1.54, 1.807) is 0 Å². The van der Waals surface area contributed by atoms with Gasteiger partial charge in [-0.25, -0.2) is 0 Å². The minimum Gasteiger partial charge on any atom is -0.493 e.